The maximum Gasteiger partial charge on any atom is 0.241 e. The van der Waals surface area contributed by atoms with Crippen LogP contribution in [-0.4, -0.2) is 22.5 Å². The second-order valence-electron chi connectivity index (χ2n) is 2.99. The summed E-state index contributed by atoms with van der Waals surface area (Å²) in [5.74, 6) is 0. The summed E-state index contributed by atoms with van der Waals surface area (Å²) in [5, 5.41) is 1.91. The van der Waals surface area contributed by atoms with E-state index in [1.165, 1.54) is 12.8 Å². The third-order valence-electron chi connectivity index (χ3n) is 1.73. The van der Waals surface area contributed by atoms with E-state index in [1.807, 2.05) is 5.06 Å². The van der Waals surface area contributed by atoms with Crippen molar-refractivity contribution in [3.8, 4) is 0 Å². The third kappa shape index (κ3) is 8.53. The summed E-state index contributed by atoms with van der Waals surface area (Å²) in [4.78, 5) is 5.28. The van der Waals surface area contributed by atoms with Gasteiger partial charge in [0.05, 0.1) is 0 Å². The molecule has 0 aromatic carbocycles. The van der Waals surface area contributed by atoms with E-state index in [1.54, 1.807) is 0 Å². The SMILES string of the molecule is CCCCN(CCCC)OC(=S)S. The molecular formula is C9H19NOS2. The number of unbranched alkanes of at least 4 members (excludes halogenated alkanes) is 2. The Morgan fingerprint density at radius 2 is 1.69 bits per heavy atom. The van der Waals surface area contributed by atoms with Crippen molar-refractivity contribution in [2.45, 2.75) is 39.5 Å². The van der Waals surface area contributed by atoms with E-state index in [0.29, 0.717) is 4.38 Å². The molecule has 2 nitrogen and oxygen atoms in total. The van der Waals surface area contributed by atoms with Gasteiger partial charge in [0.2, 0.25) is 4.38 Å². The van der Waals surface area contributed by atoms with Crippen molar-refractivity contribution in [1.29, 1.82) is 0 Å². The summed E-state index contributed by atoms with van der Waals surface area (Å²) in [7, 11) is 0. The van der Waals surface area contributed by atoms with Gasteiger partial charge in [0.15, 0.2) is 0 Å². The Hall–Kier alpha value is 0.200. The van der Waals surface area contributed by atoms with Gasteiger partial charge < -0.3 is 4.84 Å². The average Bonchev–Trinajstić information content (AvgIpc) is 2.09. The number of thiocarbonyl (C=S) groups is 1. The van der Waals surface area contributed by atoms with Crippen molar-refractivity contribution in [1.82, 2.24) is 5.06 Å². The highest BCUT2D eigenvalue weighted by Gasteiger charge is 2.05. The lowest BCUT2D eigenvalue weighted by Gasteiger charge is -2.20. The molecule has 0 saturated heterocycles. The topological polar surface area (TPSA) is 12.5 Å². The van der Waals surface area contributed by atoms with Crippen molar-refractivity contribution in [3.63, 3.8) is 0 Å². The molecule has 0 N–H and O–H groups in total. The van der Waals surface area contributed by atoms with Gasteiger partial charge in [-0.1, -0.05) is 39.3 Å². The van der Waals surface area contributed by atoms with Gasteiger partial charge in [-0.3, -0.25) is 0 Å². The van der Waals surface area contributed by atoms with Crippen molar-refractivity contribution < 1.29 is 4.84 Å². The molecule has 13 heavy (non-hydrogen) atoms. The maximum atomic E-state index is 5.28. The van der Waals surface area contributed by atoms with E-state index in [-0.39, 0.29) is 0 Å². The fourth-order valence-corrected chi connectivity index (χ4v) is 1.20. The lowest BCUT2D eigenvalue weighted by atomic mass is 10.3. The van der Waals surface area contributed by atoms with Gasteiger partial charge in [-0.25, -0.2) is 0 Å². The number of hydroxylamine groups is 2. The smallest absolute Gasteiger partial charge is 0.241 e. The van der Waals surface area contributed by atoms with Crippen LogP contribution in [0.3, 0.4) is 0 Å². The summed E-state index contributed by atoms with van der Waals surface area (Å²) in [5.41, 5.74) is 0. The fourth-order valence-electron chi connectivity index (χ4n) is 0.982. The predicted molar refractivity (Wildman–Crippen MR) is 64.1 cm³/mol. The van der Waals surface area contributed by atoms with Gasteiger partial charge in [0.25, 0.3) is 0 Å². The van der Waals surface area contributed by atoms with Crippen molar-refractivity contribution in [2.24, 2.45) is 0 Å². The number of rotatable bonds is 7. The van der Waals surface area contributed by atoms with Crippen LogP contribution in [0.1, 0.15) is 39.5 Å². The zero-order valence-electron chi connectivity index (χ0n) is 8.45. The average molecular weight is 221 g/mol. The highest BCUT2D eigenvalue weighted by Crippen LogP contribution is 2.02. The molecule has 0 aromatic heterocycles. The van der Waals surface area contributed by atoms with Crippen LogP contribution in [0.5, 0.6) is 0 Å². The zero-order valence-corrected chi connectivity index (χ0v) is 10.2. The molecule has 0 radical (unpaired) electrons. The van der Waals surface area contributed by atoms with E-state index in [4.69, 9.17) is 17.1 Å². The molecule has 0 bridgehead atoms. The van der Waals surface area contributed by atoms with E-state index >= 15 is 0 Å². The summed E-state index contributed by atoms with van der Waals surface area (Å²) in [6, 6.07) is 0. The Balaban J connectivity index is 3.66. The van der Waals surface area contributed by atoms with E-state index in [9.17, 15) is 0 Å². The first-order valence-electron chi connectivity index (χ1n) is 4.86. The number of hydrogen-bond acceptors (Lipinski definition) is 3. The standard InChI is InChI=1S/C9H19NOS2/c1-3-5-7-10(8-6-4-2)11-9(12)13/h3-8H2,1-2H3,(H,12,13). The largest absolute Gasteiger partial charge is 0.387 e. The lowest BCUT2D eigenvalue weighted by Crippen LogP contribution is -2.27. The molecular weight excluding hydrogens is 202 g/mol. The Morgan fingerprint density at radius 3 is 2.00 bits per heavy atom. The maximum absolute atomic E-state index is 5.28. The molecule has 0 unspecified atom stereocenters. The van der Waals surface area contributed by atoms with Crippen LogP contribution in [0.4, 0.5) is 0 Å². The van der Waals surface area contributed by atoms with Crippen LogP contribution < -0.4 is 0 Å². The highest BCUT2D eigenvalue weighted by molar-refractivity contribution is 8.10. The second kappa shape index (κ2) is 8.78. The summed E-state index contributed by atoms with van der Waals surface area (Å²) in [6.45, 7) is 6.21. The van der Waals surface area contributed by atoms with Crippen LogP contribution in [0.25, 0.3) is 0 Å². The van der Waals surface area contributed by atoms with E-state index in [0.717, 1.165) is 25.9 Å². The zero-order chi connectivity index (χ0) is 10.1. The molecule has 0 aromatic rings. The molecule has 0 atom stereocenters. The minimum absolute atomic E-state index is 0.312. The normalized spacial score (nSPS) is 10.5. The Kier molecular flexibility index (Phi) is 8.92. The minimum Gasteiger partial charge on any atom is -0.387 e. The van der Waals surface area contributed by atoms with E-state index < -0.39 is 0 Å². The molecule has 0 aliphatic heterocycles. The Bertz CT molecular complexity index is 134. The van der Waals surface area contributed by atoms with Gasteiger partial charge in [0, 0.05) is 13.1 Å². The van der Waals surface area contributed by atoms with Crippen LogP contribution in [0.15, 0.2) is 0 Å². The lowest BCUT2D eigenvalue weighted by molar-refractivity contribution is -0.0670. The van der Waals surface area contributed by atoms with Gasteiger partial charge >= 0.3 is 0 Å². The molecule has 0 heterocycles. The van der Waals surface area contributed by atoms with Gasteiger partial charge in [-0.15, -0.1) is 5.06 Å². The first-order valence-corrected chi connectivity index (χ1v) is 5.72. The minimum atomic E-state index is 0.312. The summed E-state index contributed by atoms with van der Waals surface area (Å²) < 4.78 is 0.312. The Morgan fingerprint density at radius 1 is 1.23 bits per heavy atom. The van der Waals surface area contributed by atoms with Crippen LogP contribution in [0, 0.1) is 0 Å². The number of hydrogen-bond donors (Lipinski definition) is 1. The highest BCUT2D eigenvalue weighted by atomic mass is 32.1. The molecule has 78 valence electrons. The van der Waals surface area contributed by atoms with Crippen molar-refractivity contribution in [2.75, 3.05) is 13.1 Å². The van der Waals surface area contributed by atoms with Gasteiger partial charge in [-0.2, -0.15) is 0 Å². The monoisotopic (exact) mass is 221 g/mol. The summed E-state index contributed by atoms with van der Waals surface area (Å²) in [6.07, 6.45) is 4.62. The van der Waals surface area contributed by atoms with Crippen molar-refractivity contribution >= 4 is 29.2 Å². The van der Waals surface area contributed by atoms with Gasteiger partial charge in [-0.05, 0) is 25.1 Å². The van der Waals surface area contributed by atoms with Crippen LogP contribution >= 0.6 is 24.8 Å². The molecule has 4 heteroatoms. The van der Waals surface area contributed by atoms with Gasteiger partial charge in [0.1, 0.15) is 0 Å². The molecule has 0 saturated carbocycles. The first-order chi connectivity index (χ1) is 6.20. The molecule has 0 aliphatic rings. The van der Waals surface area contributed by atoms with Crippen LogP contribution in [-0.2, 0) is 4.84 Å². The van der Waals surface area contributed by atoms with Crippen LogP contribution in [0.2, 0.25) is 0 Å². The number of thiol groups is 1. The second-order valence-corrected chi connectivity index (χ2v) is 4.07. The van der Waals surface area contributed by atoms with E-state index in [2.05, 4.69) is 26.5 Å². The Labute approximate surface area is 92.0 Å². The first kappa shape index (κ1) is 13.2. The third-order valence-corrected chi connectivity index (χ3v) is 1.89. The number of nitrogens with zero attached hydrogens (tertiary/aromatic N) is 1. The molecule has 0 spiro atoms. The molecule has 0 fully saturated rings. The molecule has 0 aliphatic carbocycles. The molecule has 0 amide bonds. The molecule has 0 rings (SSSR count). The van der Waals surface area contributed by atoms with Crippen molar-refractivity contribution in [3.05, 3.63) is 0 Å². The summed E-state index contributed by atoms with van der Waals surface area (Å²) >= 11 is 8.72. The predicted octanol–water partition coefficient (Wildman–Crippen LogP) is 3.03. The quantitative estimate of drug-likeness (QED) is 0.403. The fraction of sp³-hybridized carbons (Fsp3) is 0.889.